The van der Waals surface area contributed by atoms with Gasteiger partial charge in [-0.15, -0.1) is 0 Å². The minimum Gasteiger partial charge on any atom is -0.454 e. The molecule has 0 spiro atoms. The van der Waals surface area contributed by atoms with Crippen molar-refractivity contribution in [2.24, 2.45) is 7.05 Å². The van der Waals surface area contributed by atoms with Gasteiger partial charge >= 0.3 is 0 Å². The Hall–Kier alpha value is -2.50. The Kier molecular flexibility index (Phi) is 2.83. The van der Waals surface area contributed by atoms with Gasteiger partial charge in [-0.05, 0) is 18.2 Å². The first-order valence-corrected chi connectivity index (χ1v) is 5.88. The van der Waals surface area contributed by atoms with E-state index in [2.05, 4.69) is 10.4 Å². The Morgan fingerprint density at radius 2 is 2.26 bits per heavy atom. The van der Waals surface area contributed by atoms with E-state index >= 15 is 0 Å². The first-order chi connectivity index (χ1) is 9.22. The van der Waals surface area contributed by atoms with E-state index in [1.54, 1.807) is 29.1 Å². The molecule has 1 aliphatic heterocycles. The fourth-order valence-corrected chi connectivity index (χ4v) is 1.89. The molecule has 1 amide bonds. The van der Waals surface area contributed by atoms with Crippen molar-refractivity contribution < 1.29 is 14.3 Å². The van der Waals surface area contributed by atoms with Crippen LogP contribution < -0.4 is 14.8 Å². The van der Waals surface area contributed by atoms with Crippen molar-refractivity contribution in [2.75, 3.05) is 6.79 Å². The van der Waals surface area contributed by atoms with E-state index in [9.17, 15) is 4.79 Å². The maximum Gasteiger partial charge on any atom is 0.251 e. The van der Waals surface area contributed by atoms with Crippen LogP contribution in [0.15, 0.2) is 30.6 Å². The summed E-state index contributed by atoms with van der Waals surface area (Å²) in [6.07, 6.45) is 3.58. The second-order valence-corrected chi connectivity index (χ2v) is 4.27. The number of nitrogens with zero attached hydrogens (tertiary/aromatic N) is 2. The molecule has 0 aliphatic carbocycles. The zero-order valence-electron chi connectivity index (χ0n) is 10.4. The number of benzene rings is 1. The van der Waals surface area contributed by atoms with Crippen LogP contribution in [0.25, 0.3) is 0 Å². The van der Waals surface area contributed by atoms with Crippen molar-refractivity contribution >= 4 is 5.91 Å². The lowest BCUT2D eigenvalue weighted by atomic mass is 10.2. The molecule has 98 valence electrons. The largest absolute Gasteiger partial charge is 0.454 e. The smallest absolute Gasteiger partial charge is 0.251 e. The molecule has 0 saturated heterocycles. The highest BCUT2D eigenvalue weighted by Gasteiger charge is 2.16. The monoisotopic (exact) mass is 259 g/mol. The van der Waals surface area contributed by atoms with Gasteiger partial charge in [0, 0.05) is 30.9 Å². The molecule has 2 aromatic rings. The van der Waals surface area contributed by atoms with E-state index in [1.165, 1.54) is 0 Å². The zero-order chi connectivity index (χ0) is 13.2. The number of carbonyl (C=O) groups is 1. The molecule has 1 aromatic heterocycles. The second-order valence-electron chi connectivity index (χ2n) is 4.27. The Morgan fingerprint density at radius 1 is 1.42 bits per heavy atom. The molecule has 3 rings (SSSR count). The summed E-state index contributed by atoms with van der Waals surface area (Å²) in [4.78, 5) is 12.0. The third kappa shape index (κ3) is 2.37. The standard InChI is InChI=1S/C13H13N3O3/c1-16-7-9(6-15-16)5-14-13(17)10-2-3-11-12(4-10)19-8-18-11/h2-4,6-7H,5,8H2,1H3,(H,14,17). The van der Waals surface area contributed by atoms with Crippen molar-refractivity contribution in [3.05, 3.63) is 41.7 Å². The molecule has 0 fully saturated rings. The minimum atomic E-state index is -0.151. The number of carbonyl (C=O) groups excluding carboxylic acids is 1. The summed E-state index contributed by atoms with van der Waals surface area (Å²) in [5.74, 6) is 1.12. The molecule has 0 bridgehead atoms. The molecule has 6 heteroatoms. The highest BCUT2D eigenvalue weighted by Crippen LogP contribution is 2.32. The van der Waals surface area contributed by atoms with Crippen LogP contribution >= 0.6 is 0 Å². The molecule has 0 saturated carbocycles. The number of hydrogen-bond donors (Lipinski definition) is 1. The van der Waals surface area contributed by atoms with Crippen LogP contribution in [0.4, 0.5) is 0 Å². The van der Waals surface area contributed by atoms with E-state index in [1.807, 2.05) is 13.2 Å². The molecular formula is C13H13N3O3. The Balaban J connectivity index is 1.67. The lowest BCUT2D eigenvalue weighted by molar-refractivity contribution is 0.0950. The van der Waals surface area contributed by atoms with E-state index in [0.29, 0.717) is 23.6 Å². The quantitative estimate of drug-likeness (QED) is 0.895. The summed E-state index contributed by atoms with van der Waals surface area (Å²) in [6, 6.07) is 5.13. The zero-order valence-corrected chi connectivity index (χ0v) is 10.4. The molecule has 0 radical (unpaired) electrons. The van der Waals surface area contributed by atoms with Gasteiger partial charge in [-0.3, -0.25) is 9.48 Å². The number of aromatic nitrogens is 2. The predicted octanol–water partition coefficient (Wildman–Crippen LogP) is 1.08. The second kappa shape index (κ2) is 4.64. The van der Waals surface area contributed by atoms with Crippen molar-refractivity contribution in [2.45, 2.75) is 6.54 Å². The number of nitrogens with one attached hydrogen (secondary N) is 1. The van der Waals surface area contributed by atoms with Crippen LogP contribution in [0.5, 0.6) is 11.5 Å². The number of amides is 1. The van der Waals surface area contributed by atoms with Gasteiger partial charge in [-0.2, -0.15) is 5.10 Å². The normalized spacial score (nSPS) is 12.5. The lowest BCUT2D eigenvalue weighted by Gasteiger charge is -2.04. The number of ether oxygens (including phenoxy) is 2. The molecule has 0 unspecified atom stereocenters. The van der Waals surface area contributed by atoms with Gasteiger partial charge in [0.1, 0.15) is 0 Å². The summed E-state index contributed by atoms with van der Waals surface area (Å²) < 4.78 is 12.1. The van der Waals surface area contributed by atoms with Crippen LogP contribution in [0.2, 0.25) is 0 Å². The highest BCUT2D eigenvalue weighted by atomic mass is 16.7. The van der Waals surface area contributed by atoms with Crippen molar-refractivity contribution in [3.8, 4) is 11.5 Å². The molecular weight excluding hydrogens is 246 g/mol. The number of aryl methyl sites for hydroxylation is 1. The van der Waals surface area contributed by atoms with Crippen LogP contribution in [0, 0.1) is 0 Å². The molecule has 0 atom stereocenters. The molecule has 2 heterocycles. The van der Waals surface area contributed by atoms with Crippen LogP contribution in [0.1, 0.15) is 15.9 Å². The fourth-order valence-electron chi connectivity index (χ4n) is 1.89. The highest BCUT2D eigenvalue weighted by molar-refractivity contribution is 5.94. The Morgan fingerprint density at radius 3 is 3.05 bits per heavy atom. The third-order valence-corrected chi connectivity index (χ3v) is 2.85. The average Bonchev–Trinajstić information content (AvgIpc) is 3.03. The van der Waals surface area contributed by atoms with Crippen LogP contribution in [-0.2, 0) is 13.6 Å². The predicted molar refractivity (Wildman–Crippen MR) is 66.9 cm³/mol. The maximum atomic E-state index is 12.0. The van der Waals surface area contributed by atoms with Gasteiger partial charge in [0.05, 0.1) is 6.20 Å². The van der Waals surface area contributed by atoms with Gasteiger partial charge in [0.15, 0.2) is 11.5 Å². The molecule has 19 heavy (non-hydrogen) atoms. The molecule has 1 aliphatic rings. The summed E-state index contributed by atoms with van der Waals surface area (Å²) >= 11 is 0. The maximum absolute atomic E-state index is 12.0. The van der Waals surface area contributed by atoms with Gasteiger partial charge in [-0.1, -0.05) is 0 Å². The van der Waals surface area contributed by atoms with E-state index in [0.717, 1.165) is 5.56 Å². The average molecular weight is 259 g/mol. The Labute approximate surface area is 109 Å². The van der Waals surface area contributed by atoms with E-state index in [-0.39, 0.29) is 12.7 Å². The number of rotatable bonds is 3. The summed E-state index contributed by atoms with van der Waals surface area (Å²) in [5, 5.41) is 6.87. The third-order valence-electron chi connectivity index (χ3n) is 2.85. The Bertz CT molecular complexity index is 621. The van der Waals surface area contributed by atoms with Gasteiger partial charge in [0.2, 0.25) is 6.79 Å². The van der Waals surface area contributed by atoms with Gasteiger partial charge < -0.3 is 14.8 Å². The molecule has 1 aromatic carbocycles. The van der Waals surface area contributed by atoms with Gasteiger partial charge in [0.25, 0.3) is 5.91 Å². The minimum absolute atomic E-state index is 0.151. The fraction of sp³-hybridized carbons (Fsp3) is 0.231. The number of hydrogen-bond acceptors (Lipinski definition) is 4. The summed E-state index contributed by atoms with van der Waals surface area (Å²) in [5.41, 5.74) is 1.50. The molecule has 1 N–H and O–H groups in total. The van der Waals surface area contributed by atoms with E-state index in [4.69, 9.17) is 9.47 Å². The summed E-state index contributed by atoms with van der Waals surface area (Å²) in [7, 11) is 1.84. The summed E-state index contributed by atoms with van der Waals surface area (Å²) in [6.45, 7) is 0.650. The number of fused-ring (bicyclic) bond motifs is 1. The van der Waals surface area contributed by atoms with Crippen LogP contribution in [0.3, 0.4) is 0 Å². The van der Waals surface area contributed by atoms with Crippen molar-refractivity contribution in [1.29, 1.82) is 0 Å². The van der Waals surface area contributed by atoms with Gasteiger partial charge in [-0.25, -0.2) is 0 Å². The van der Waals surface area contributed by atoms with Crippen LogP contribution in [-0.4, -0.2) is 22.5 Å². The van der Waals surface area contributed by atoms with Crippen molar-refractivity contribution in [1.82, 2.24) is 15.1 Å². The first kappa shape index (κ1) is 11.6. The topological polar surface area (TPSA) is 65.4 Å². The lowest BCUT2D eigenvalue weighted by Crippen LogP contribution is -2.22. The SMILES string of the molecule is Cn1cc(CNC(=O)c2ccc3c(c2)OCO3)cn1. The van der Waals surface area contributed by atoms with Crippen molar-refractivity contribution in [3.63, 3.8) is 0 Å². The first-order valence-electron chi connectivity index (χ1n) is 5.88. The van der Waals surface area contributed by atoms with E-state index < -0.39 is 0 Å². The molecule has 6 nitrogen and oxygen atoms in total.